The first-order chi connectivity index (χ1) is 7.87. The first-order valence-corrected chi connectivity index (χ1v) is 8.37. The molecule has 18 heavy (non-hydrogen) atoms. The van der Waals surface area contributed by atoms with E-state index in [9.17, 15) is 9.36 Å². The monoisotopic (exact) mass is 278 g/mol. The molecule has 4 nitrogen and oxygen atoms in total. The van der Waals surface area contributed by atoms with Crippen LogP contribution >= 0.6 is 7.37 Å². The Labute approximate surface area is 111 Å². The van der Waals surface area contributed by atoms with Crippen LogP contribution in [-0.2, 0) is 18.6 Å². The average Bonchev–Trinajstić information content (AvgIpc) is 2.09. The highest BCUT2D eigenvalue weighted by molar-refractivity contribution is 7.59. The summed E-state index contributed by atoms with van der Waals surface area (Å²) in [5, 5.41) is 0. The largest absolute Gasteiger partial charge is 0.460 e. The maximum absolute atomic E-state index is 12.4. The fraction of sp³-hybridized carbons (Fsp3) is 0.923. The zero-order valence-electron chi connectivity index (χ0n) is 12.7. The SMILES string of the molecule is CCP(=O)(CCC(=O)OC(C)(C)C)OC(C)(C)C. The van der Waals surface area contributed by atoms with Crippen LogP contribution in [0.3, 0.4) is 0 Å². The van der Waals surface area contributed by atoms with E-state index in [1.165, 1.54) is 0 Å². The van der Waals surface area contributed by atoms with Crippen molar-refractivity contribution in [3.8, 4) is 0 Å². The van der Waals surface area contributed by atoms with Crippen molar-refractivity contribution in [2.24, 2.45) is 0 Å². The molecule has 0 aromatic heterocycles. The number of esters is 1. The lowest BCUT2D eigenvalue weighted by molar-refractivity contribution is -0.154. The summed E-state index contributed by atoms with van der Waals surface area (Å²) >= 11 is 0. The number of hydrogen-bond donors (Lipinski definition) is 0. The molecule has 1 atom stereocenters. The van der Waals surface area contributed by atoms with Gasteiger partial charge < -0.3 is 9.26 Å². The fourth-order valence-electron chi connectivity index (χ4n) is 1.42. The van der Waals surface area contributed by atoms with Crippen LogP contribution in [0.15, 0.2) is 0 Å². The van der Waals surface area contributed by atoms with Crippen molar-refractivity contribution < 1.29 is 18.6 Å². The lowest BCUT2D eigenvalue weighted by atomic mass is 10.2. The Balaban J connectivity index is 4.40. The summed E-state index contributed by atoms with van der Waals surface area (Å²) < 4.78 is 23.2. The Morgan fingerprint density at radius 2 is 1.56 bits per heavy atom. The van der Waals surface area contributed by atoms with Crippen molar-refractivity contribution >= 4 is 13.3 Å². The van der Waals surface area contributed by atoms with Gasteiger partial charge in [0.15, 0.2) is 0 Å². The summed E-state index contributed by atoms with van der Waals surface area (Å²) in [6.07, 6.45) is 0.821. The molecule has 0 aliphatic rings. The number of carbonyl (C=O) groups is 1. The van der Waals surface area contributed by atoms with Crippen molar-refractivity contribution in [1.29, 1.82) is 0 Å². The van der Waals surface area contributed by atoms with Crippen LogP contribution in [0.5, 0.6) is 0 Å². The summed E-state index contributed by atoms with van der Waals surface area (Å²) in [7, 11) is -2.74. The highest BCUT2D eigenvalue weighted by Crippen LogP contribution is 2.50. The van der Waals surface area contributed by atoms with Gasteiger partial charge in [-0.05, 0) is 41.5 Å². The van der Waals surface area contributed by atoms with Gasteiger partial charge in [0.1, 0.15) is 5.60 Å². The maximum atomic E-state index is 12.4. The molecular weight excluding hydrogens is 251 g/mol. The Morgan fingerprint density at radius 1 is 1.06 bits per heavy atom. The number of ether oxygens (including phenoxy) is 1. The van der Waals surface area contributed by atoms with Gasteiger partial charge in [0.25, 0.3) is 0 Å². The minimum atomic E-state index is -2.74. The topological polar surface area (TPSA) is 52.6 Å². The molecule has 0 saturated carbocycles. The van der Waals surface area contributed by atoms with Gasteiger partial charge in [-0.2, -0.15) is 0 Å². The van der Waals surface area contributed by atoms with Crippen LogP contribution in [0.25, 0.3) is 0 Å². The standard InChI is InChI=1S/C13H27O4P/c1-8-18(15,17-13(5,6)7)10-9-11(14)16-12(2,3)4/h8-10H2,1-7H3. The number of hydrogen-bond acceptors (Lipinski definition) is 4. The molecule has 0 amide bonds. The second-order valence-electron chi connectivity index (χ2n) is 6.39. The van der Waals surface area contributed by atoms with Crippen LogP contribution < -0.4 is 0 Å². The van der Waals surface area contributed by atoms with E-state index < -0.39 is 18.6 Å². The summed E-state index contributed by atoms with van der Waals surface area (Å²) in [6, 6.07) is 0. The van der Waals surface area contributed by atoms with Gasteiger partial charge in [-0.25, -0.2) is 0 Å². The Hall–Kier alpha value is -0.340. The molecule has 1 unspecified atom stereocenters. The second-order valence-corrected chi connectivity index (χ2v) is 9.29. The first kappa shape index (κ1) is 17.7. The predicted molar refractivity (Wildman–Crippen MR) is 74.3 cm³/mol. The smallest absolute Gasteiger partial charge is 0.306 e. The highest BCUT2D eigenvalue weighted by atomic mass is 31.2. The lowest BCUT2D eigenvalue weighted by Gasteiger charge is -2.27. The van der Waals surface area contributed by atoms with Crippen molar-refractivity contribution in [3.05, 3.63) is 0 Å². The molecule has 0 rings (SSSR count). The second kappa shape index (κ2) is 6.21. The minimum absolute atomic E-state index is 0.137. The quantitative estimate of drug-likeness (QED) is 0.566. The molecule has 0 N–H and O–H groups in total. The summed E-state index contributed by atoms with van der Waals surface area (Å²) in [5.74, 6) is -0.325. The van der Waals surface area contributed by atoms with E-state index in [0.717, 1.165) is 0 Å². The summed E-state index contributed by atoms with van der Waals surface area (Å²) in [4.78, 5) is 11.6. The van der Waals surface area contributed by atoms with E-state index in [2.05, 4.69) is 0 Å². The zero-order chi connectivity index (χ0) is 14.6. The van der Waals surface area contributed by atoms with Gasteiger partial charge in [0, 0.05) is 12.3 Å². The maximum Gasteiger partial charge on any atom is 0.306 e. The Morgan fingerprint density at radius 3 is 1.89 bits per heavy atom. The molecule has 0 radical (unpaired) electrons. The van der Waals surface area contributed by atoms with Gasteiger partial charge in [-0.15, -0.1) is 0 Å². The van der Waals surface area contributed by atoms with Crippen LogP contribution in [0.2, 0.25) is 0 Å². The minimum Gasteiger partial charge on any atom is -0.460 e. The van der Waals surface area contributed by atoms with Gasteiger partial charge in [0.2, 0.25) is 7.37 Å². The first-order valence-electron chi connectivity index (χ1n) is 6.37. The van der Waals surface area contributed by atoms with E-state index in [1.807, 2.05) is 48.5 Å². The molecule has 0 aromatic carbocycles. The molecule has 0 bridgehead atoms. The Bertz CT molecular complexity index is 323. The normalized spacial score (nSPS) is 16.2. The van der Waals surface area contributed by atoms with Gasteiger partial charge >= 0.3 is 5.97 Å². The van der Waals surface area contributed by atoms with Crippen molar-refractivity contribution in [1.82, 2.24) is 0 Å². The zero-order valence-corrected chi connectivity index (χ0v) is 13.6. The van der Waals surface area contributed by atoms with Gasteiger partial charge in [-0.3, -0.25) is 9.36 Å². The predicted octanol–water partition coefficient (Wildman–Crippen LogP) is 3.83. The number of rotatable bonds is 5. The summed E-state index contributed by atoms with van der Waals surface area (Å²) in [5.41, 5.74) is -0.961. The molecule has 0 aliphatic carbocycles. The van der Waals surface area contributed by atoms with Gasteiger partial charge in [-0.1, -0.05) is 6.92 Å². The molecule has 0 spiro atoms. The fourth-order valence-corrected chi connectivity index (χ4v) is 3.48. The van der Waals surface area contributed by atoms with Crippen LogP contribution in [0.4, 0.5) is 0 Å². The van der Waals surface area contributed by atoms with Crippen molar-refractivity contribution in [2.45, 2.75) is 66.1 Å². The number of carbonyl (C=O) groups excluding carboxylic acids is 1. The molecule has 0 aliphatic heterocycles. The van der Waals surface area contributed by atoms with Crippen molar-refractivity contribution in [2.75, 3.05) is 12.3 Å². The van der Waals surface area contributed by atoms with E-state index in [1.54, 1.807) is 0 Å². The summed E-state index contributed by atoms with van der Waals surface area (Å²) in [6.45, 7) is 12.9. The van der Waals surface area contributed by atoms with Crippen molar-refractivity contribution in [3.63, 3.8) is 0 Å². The van der Waals surface area contributed by atoms with Crippen LogP contribution in [0, 0.1) is 0 Å². The Kier molecular flexibility index (Phi) is 6.09. The molecule has 0 saturated heterocycles. The molecule has 0 fully saturated rings. The third kappa shape index (κ3) is 8.71. The average molecular weight is 278 g/mol. The molecule has 0 aromatic rings. The molecule has 0 heterocycles. The van der Waals surface area contributed by atoms with Gasteiger partial charge in [0.05, 0.1) is 12.0 Å². The van der Waals surface area contributed by atoms with E-state index >= 15 is 0 Å². The van der Waals surface area contributed by atoms with Crippen LogP contribution in [0.1, 0.15) is 54.9 Å². The molecular formula is C13H27O4P. The third-order valence-corrected chi connectivity index (χ3v) is 4.75. The highest BCUT2D eigenvalue weighted by Gasteiger charge is 2.29. The lowest BCUT2D eigenvalue weighted by Crippen LogP contribution is -2.25. The van der Waals surface area contributed by atoms with Crippen LogP contribution in [-0.4, -0.2) is 29.5 Å². The molecule has 5 heteroatoms. The molecule has 108 valence electrons. The third-order valence-electron chi connectivity index (χ3n) is 2.00. The van der Waals surface area contributed by atoms with E-state index in [-0.39, 0.29) is 18.6 Å². The van der Waals surface area contributed by atoms with E-state index in [0.29, 0.717) is 6.16 Å². The van der Waals surface area contributed by atoms with E-state index in [4.69, 9.17) is 9.26 Å².